The molecule has 8 nitrogen and oxygen atoms in total. The van der Waals surface area contributed by atoms with Gasteiger partial charge >= 0.3 is 5.97 Å². The lowest BCUT2D eigenvalue weighted by Gasteiger charge is -2.30. The van der Waals surface area contributed by atoms with Gasteiger partial charge in [-0.3, -0.25) is 4.90 Å². The molecule has 3 aromatic rings. The number of imidazole rings is 1. The SMILES string of the molecule is COCN1c2cc(Cn3cnc(C(=O)O)c3C)ccc2Sc2nccnc21. The van der Waals surface area contributed by atoms with E-state index >= 15 is 0 Å². The van der Waals surface area contributed by atoms with Crippen molar-refractivity contribution in [3.8, 4) is 0 Å². The van der Waals surface area contributed by atoms with Gasteiger partial charge in [0.25, 0.3) is 0 Å². The lowest BCUT2D eigenvalue weighted by Crippen LogP contribution is -2.24. The Kier molecular flexibility index (Phi) is 4.54. The van der Waals surface area contributed by atoms with Crippen LogP contribution in [0, 0.1) is 6.92 Å². The van der Waals surface area contributed by atoms with Gasteiger partial charge < -0.3 is 14.4 Å². The van der Waals surface area contributed by atoms with Crippen LogP contribution in [0.3, 0.4) is 0 Å². The third kappa shape index (κ3) is 3.15. The highest BCUT2D eigenvalue weighted by atomic mass is 32.2. The van der Waals surface area contributed by atoms with Crippen LogP contribution in [-0.4, -0.2) is 44.4 Å². The van der Waals surface area contributed by atoms with Crippen LogP contribution in [0.2, 0.25) is 0 Å². The molecule has 0 unspecified atom stereocenters. The number of carboxylic acid groups (broad SMARTS) is 1. The third-order valence-corrected chi connectivity index (χ3v) is 5.38. The van der Waals surface area contributed by atoms with E-state index in [1.807, 2.05) is 21.6 Å². The van der Waals surface area contributed by atoms with Crippen LogP contribution in [0.1, 0.15) is 21.7 Å². The van der Waals surface area contributed by atoms with Gasteiger partial charge in [-0.05, 0) is 24.6 Å². The maximum Gasteiger partial charge on any atom is 0.356 e. The van der Waals surface area contributed by atoms with Crippen molar-refractivity contribution < 1.29 is 14.6 Å². The Bertz CT molecular complexity index is 1020. The van der Waals surface area contributed by atoms with E-state index in [1.54, 1.807) is 44.5 Å². The molecule has 0 radical (unpaired) electrons. The van der Waals surface area contributed by atoms with Gasteiger partial charge in [-0.2, -0.15) is 0 Å². The molecule has 0 fully saturated rings. The van der Waals surface area contributed by atoms with Crippen molar-refractivity contribution in [2.75, 3.05) is 18.7 Å². The van der Waals surface area contributed by atoms with E-state index in [-0.39, 0.29) is 5.69 Å². The number of rotatable bonds is 5. The van der Waals surface area contributed by atoms with Gasteiger partial charge in [0.15, 0.2) is 11.5 Å². The predicted octanol–water partition coefficient (Wildman–Crippen LogP) is 2.93. The van der Waals surface area contributed by atoms with Crippen molar-refractivity contribution in [3.63, 3.8) is 0 Å². The Morgan fingerprint density at radius 1 is 1.26 bits per heavy atom. The van der Waals surface area contributed by atoms with E-state index in [4.69, 9.17) is 4.74 Å². The molecular formula is C18H17N5O3S. The summed E-state index contributed by atoms with van der Waals surface area (Å²) in [5.74, 6) is -0.254. The molecule has 0 bridgehead atoms. The number of fused-ring (bicyclic) bond motifs is 2. The highest BCUT2D eigenvalue weighted by Gasteiger charge is 2.26. The van der Waals surface area contributed by atoms with Gasteiger partial charge in [-0.1, -0.05) is 17.8 Å². The van der Waals surface area contributed by atoms with Gasteiger partial charge in [-0.25, -0.2) is 19.7 Å². The number of anilines is 2. The van der Waals surface area contributed by atoms with Crippen LogP contribution in [0.25, 0.3) is 0 Å². The molecule has 0 spiro atoms. The number of carbonyl (C=O) groups is 1. The van der Waals surface area contributed by atoms with Crippen molar-refractivity contribution in [1.29, 1.82) is 0 Å². The minimum absolute atomic E-state index is 0.0775. The Morgan fingerprint density at radius 2 is 2.07 bits per heavy atom. The molecule has 0 saturated carbocycles. The van der Waals surface area contributed by atoms with E-state index in [1.165, 1.54) is 0 Å². The molecule has 1 aliphatic heterocycles. The first-order valence-electron chi connectivity index (χ1n) is 8.21. The fourth-order valence-electron chi connectivity index (χ4n) is 3.02. The number of methoxy groups -OCH3 is 1. The van der Waals surface area contributed by atoms with E-state index < -0.39 is 5.97 Å². The summed E-state index contributed by atoms with van der Waals surface area (Å²) in [6.07, 6.45) is 4.90. The molecule has 0 amide bonds. The summed E-state index contributed by atoms with van der Waals surface area (Å²) < 4.78 is 7.20. The van der Waals surface area contributed by atoms with Crippen molar-refractivity contribution in [1.82, 2.24) is 19.5 Å². The maximum atomic E-state index is 11.2. The van der Waals surface area contributed by atoms with Crippen LogP contribution >= 0.6 is 11.8 Å². The number of hydrogen-bond donors (Lipinski definition) is 1. The monoisotopic (exact) mass is 383 g/mol. The summed E-state index contributed by atoms with van der Waals surface area (Å²) in [5.41, 5.74) is 2.72. The zero-order chi connectivity index (χ0) is 19.0. The summed E-state index contributed by atoms with van der Waals surface area (Å²) in [6, 6.07) is 6.14. The van der Waals surface area contributed by atoms with Crippen molar-refractivity contribution in [2.24, 2.45) is 0 Å². The lowest BCUT2D eigenvalue weighted by atomic mass is 10.1. The van der Waals surface area contributed by atoms with Crippen LogP contribution < -0.4 is 4.90 Å². The zero-order valence-electron chi connectivity index (χ0n) is 14.8. The Labute approximate surface area is 159 Å². The van der Waals surface area contributed by atoms with Crippen LogP contribution in [0.15, 0.2) is 46.8 Å². The molecule has 4 rings (SSSR count). The third-order valence-electron chi connectivity index (χ3n) is 4.34. The second-order valence-electron chi connectivity index (χ2n) is 6.05. The summed E-state index contributed by atoms with van der Waals surface area (Å²) in [6.45, 7) is 2.64. The number of nitrogens with zero attached hydrogens (tertiary/aromatic N) is 5. The Balaban J connectivity index is 1.69. The lowest BCUT2D eigenvalue weighted by molar-refractivity contribution is 0.0690. The number of ether oxygens (including phenoxy) is 1. The normalized spacial score (nSPS) is 12.6. The first-order valence-corrected chi connectivity index (χ1v) is 9.03. The summed E-state index contributed by atoms with van der Waals surface area (Å²) in [7, 11) is 1.64. The average Bonchev–Trinajstić information content (AvgIpc) is 3.02. The second-order valence-corrected chi connectivity index (χ2v) is 7.08. The fourth-order valence-corrected chi connectivity index (χ4v) is 4.01. The molecule has 2 aromatic heterocycles. The van der Waals surface area contributed by atoms with Gasteiger partial charge in [0.1, 0.15) is 11.8 Å². The van der Waals surface area contributed by atoms with Crippen LogP contribution in [0.5, 0.6) is 0 Å². The molecule has 0 aliphatic carbocycles. The topological polar surface area (TPSA) is 93.4 Å². The highest BCUT2D eigenvalue weighted by Crippen LogP contribution is 2.46. The van der Waals surface area contributed by atoms with E-state index in [9.17, 15) is 9.90 Å². The van der Waals surface area contributed by atoms with Crippen LogP contribution in [-0.2, 0) is 11.3 Å². The molecule has 9 heteroatoms. The smallest absolute Gasteiger partial charge is 0.356 e. The molecule has 3 heterocycles. The predicted molar refractivity (Wildman–Crippen MR) is 99.6 cm³/mol. The number of aromatic nitrogens is 4. The highest BCUT2D eigenvalue weighted by molar-refractivity contribution is 7.99. The molecule has 1 aromatic carbocycles. The van der Waals surface area contributed by atoms with Crippen molar-refractivity contribution >= 4 is 29.2 Å². The largest absolute Gasteiger partial charge is 0.476 e. The number of carboxylic acids is 1. The van der Waals surface area contributed by atoms with E-state index in [0.717, 1.165) is 27.0 Å². The summed E-state index contributed by atoms with van der Waals surface area (Å²) in [5, 5.41) is 10.0. The summed E-state index contributed by atoms with van der Waals surface area (Å²) >= 11 is 1.57. The molecule has 1 aliphatic rings. The zero-order valence-corrected chi connectivity index (χ0v) is 15.6. The average molecular weight is 383 g/mol. The van der Waals surface area contributed by atoms with Gasteiger partial charge in [-0.15, -0.1) is 0 Å². The second kappa shape index (κ2) is 7.01. The minimum Gasteiger partial charge on any atom is -0.476 e. The minimum atomic E-state index is -1.02. The standard InChI is InChI=1S/C18H17N5O3S/c1-11-15(18(24)25)21-9-22(11)8-12-3-4-14-13(7-12)23(10-26-2)16-17(27-14)20-6-5-19-16/h3-7,9H,8,10H2,1-2H3,(H,24,25). The summed E-state index contributed by atoms with van der Waals surface area (Å²) in [4.78, 5) is 27.1. The first-order chi connectivity index (χ1) is 13.1. The van der Waals surface area contributed by atoms with Crippen molar-refractivity contribution in [2.45, 2.75) is 23.4 Å². The Morgan fingerprint density at radius 3 is 2.81 bits per heavy atom. The first kappa shape index (κ1) is 17.5. The number of benzene rings is 1. The molecule has 1 N–H and O–H groups in total. The number of aromatic carboxylic acids is 1. The molecule has 138 valence electrons. The van der Waals surface area contributed by atoms with Gasteiger partial charge in [0.2, 0.25) is 0 Å². The molecular weight excluding hydrogens is 366 g/mol. The number of hydrogen-bond acceptors (Lipinski definition) is 7. The van der Waals surface area contributed by atoms with Gasteiger partial charge in [0.05, 0.1) is 12.0 Å². The molecule has 0 atom stereocenters. The molecule has 0 saturated heterocycles. The molecule has 27 heavy (non-hydrogen) atoms. The quantitative estimate of drug-likeness (QED) is 0.719. The fraction of sp³-hybridized carbons (Fsp3) is 0.222. The van der Waals surface area contributed by atoms with E-state index in [0.29, 0.717) is 19.0 Å². The maximum absolute atomic E-state index is 11.2. The van der Waals surface area contributed by atoms with Crippen molar-refractivity contribution in [3.05, 3.63) is 53.9 Å². The van der Waals surface area contributed by atoms with Gasteiger partial charge in [0, 0.05) is 36.6 Å². The Hall–Kier alpha value is -2.91. The van der Waals surface area contributed by atoms with E-state index in [2.05, 4.69) is 21.0 Å². The van der Waals surface area contributed by atoms with Crippen LogP contribution in [0.4, 0.5) is 11.5 Å².